The van der Waals surface area contributed by atoms with E-state index >= 15 is 0 Å². The number of hydrogen-bond acceptors (Lipinski definition) is 3. The fourth-order valence-electron chi connectivity index (χ4n) is 5.64. The second-order valence-electron chi connectivity index (χ2n) is 10.8. The minimum Gasteiger partial charge on any atom is -0.464 e. The molecule has 168 valence electrons. The Balaban J connectivity index is 1.56. The Bertz CT molecular complexity index is 1810. The molecule has 0 atom stereocenters. The summed E-state index contributed by atoms with van der Waals surface area (Å²) < 4.78 is 14.7. The second kappa shape index (κ2) is 6.67. The Kier molecular flexibility index (Phi) is 3.95. The minimum absolute atomic E-state index is 0.238. The fraction of sp³-hybridized carbons (Fsp3) is 0.233. The van der Waals surface area contributed by atoms with E-state index in [2.05, 4.69) is 88.0 Å². The molecule has 0 saturated heterocycles. The topological polar surface area (TPSA) is 30.2 Å². The second-order valence-corrected chi connectivity index (χ2v) is 11.9. The number of furan rings is 2. The Morgan fingerprint density at radius 1 is 0.912 bits per heavy atom. The van der Waals surface area contributed by atoms with E-state index in [1.165, 1.54) is 53.7 Å². The number of pyridine rings is 1. The van der Waals surface area contributed by atoms with Gasteiger partial charge in [-0.2, -0.15) is 0 Å². The smallest absolute Gasteiger partial charge is 0.223 e. The van der Waals surface area contributed by atoms with Gasteiger partial charge in [0.2, 0.25) is 5.69 Å². The summed E-state index contributed by atoms with van der Waals surface area (Å²) in [7, 11) is 2.13. The average Bonchev–Trinajstić information content (AvgIpc) is 3.38. The molecule has 1 aliphatic heterocycles. The van der Waals surface area contributed by atoms with E-state index in [0.717, 1.165) is 28.6 Å². The average molecular weight is 465 g/mol. The maximum Gasteiger partial charge on any atom is 0.223 e. The van der Waals surface area contributed by atoms with E-state index in [4.69, 9.17) is 8.83 Å². The lowest BCUT2D eigenvalue weighted by Gasteiger charge is -2.20. The molecule has 0 radical (unpaired) electrons. The van der Waals surface area contributed by atoms with Gasteiger partial charge in [0.25, 0.3) is 0 Å². The molecule has 1 aliphatic rings. The van der Waals surface area contributed by atoms with Crippen molar-refractivity contribution in [1.29, 1.82) is 0 Å². The van der Waals surface area contributed by atoms with Crippen LogP contribution in [0.3, 0.4) is 0 Å². The van der Waals surface area contributed by atoms with Gasteiger partial charge in [0.05, 0.1) is 17.2 Å². The van der Waals surface area contributed by atoms with E-state index in [-0.39, 0.29) is 5.41 Å². The molecular formula is C30H26NO2S+. The number of fused-ring (bicyclic) bond motifs is 7. The van der Waals surface area contributed by atoms with Crippen LogP contribution < -0.4 is 4.57 Å². The highest BCUT2D eigenvalue weighted by atomic mass is 32.2. The van der Waals surface area contributed by atoms with Crippen molar-refractivity contribution in [1.82, 2.24) is 0 Å². The number of aromatic nitrogens is 1. The van der Waals surface area contributed by atoms with E-state index < -0.39 is 0 Å². The highest BCUT2D eigenvalue weighted by molar-refractivity contribution is 7.99. The molecule has 0 unspecified atom stereocenters. The summed E-state index contributed by atoms with van der Waals surface area (Å²) in [4.78, 5) is 2.56. The van der Waals surface area contributed by atoms with Gasteiger partial charge in [-0.05, 0) is 48.6 Å². The predicted octanol–water partition coefficient (Wildman–Crippen LogP) is 8.34. The summed E-state index contributed by atoms with van der Waals surface area (Å²) in [6.07, 6.45) is 4.97. The van der Waals surface area contributed by atoms with E-state index in [9.17, 15) is 0 Å². The van der Waals surface area contributed by atoms with Gasteiger partial charge in [0.1, 0.15) is 23.8 Å². The van der Waals surface area contributed by atoms with Crippen LogP contribution in [-0.2, 0) is 13.5 Å². The van der Waals surface area contributed by atoms with Gasteiger partial charge in [-0.1, -0.05) is 44.7 Å². The van der Waals surface area contributed by atoms with Crippen LogP contribution in [0.4, 0.5) is 0 Å². The lowest BCUT2D eigenvalue weighted by Crippen LogP contribution is -2.31. The largest absolute Gasteiger partial charge is 0.464 e. The van der Waals surface area contributed by atoms with Crippen molar-refractivity contribution in [2.24, 2.45) is 12.5 Å². The van der Waals surface area contributed by atoms with Crippen LogP contribution in [0.15, 0.2) is 73.5 Å². The van der Waals surface area contributed by atoms with Crippen molar-refractivity contribution < 1.29 is 13.4 Å². The van der Waals surface area contributed by atoms with Crippen LogP contribution in [0.5, 0.6) is 0 Å². The molecule has 0 spiro atoms. The van der Waals surface area contributed by atoms with Crippen LogP contribution in [0, 0.1) is 12.3 Å². The first-order valence-corrected chi connectivity index (χ1v) is 12.6. The molecule has 4 heteroatoms. The van der Waals surface area contributed by atoms with Gasteiger partial charge in [-0.25, -0.2) is 4.57 Å². The van der Waals surface area contributed by atoms with Crippen LogP contribution in [0.25, 0.3) is 54.9 Å². The van der Waals surface area contributed by atoms with Gasteiger partial charge < -0.3 is 8.83 Å². The summed E-state index contributed by atoms with van der Waals surface area (Å²) in [5, 5.41) is 5.97. The first-order valence-electron chi connectivity index (χ1n) is 11.8. The number of nitrogens with zero attached hydrogens (tertiary/aromatic N) is 1. The first-order chi connectivity index (χ1) is 16.3. The molecule has 3 aromatic carbocycles. The number of hydrogen-bond donors (Lipinski definition) is 0. The van der Waals surface area contributed by atoms with Crippen molar-refractivity contribution >= 4 is 55.4 Å². The lowest BCUT2D eigenvalue weighted by molar-refractivity contribution is -0.659. The summed E-state index contributed by atoms with van der Waals surface area (Å²) in [5.41, 5.74) is 8.15. The van der Waals surface area contributed by atoms with Gasteiger partial charge in [-0.3, -0.25) is 0 Å². The standard InChI is InChI=1S/C30H26NO2S/c1-16-25-23(13-18-9-11-32-28(16)18)34-24-14-21-19-7-6-17(15-30(2,3)4)12-22(19)33-29(21)20-8-10-31(5)27(25)26(20)24/h6-14H,15H2,1-5H3/q+1. The van der Waals surface area contributed by atoms with Gasteiger partial charge in [0.15, 0.2) is 6.20 Å². The van der Waals surface area contributed by atoms with Crippen LogP contribution in [0.2, 0.25) is 0 Å². The maximum atomic E-state index is 6.58. The molecule has 0 bridgehead atoms. The third-order valence-corrected chi connectivity index (χ3v) is 8.10. The molecule has 0 amide bonds. The van der Waals surface area contributed by atoms with Gasteiger partial charge >= 0.3 is 0 Å². The quantitative estimate of drug-likeness (QED) is 0.229. The predicted molar refractivity (Wildman–Crippen MR) is 140 cm³/mol. The molecular weight excluding hydrogens is 438 g/mol. The monoisotopic (exact) mass is 464 g/mol. The van der Waals surface area contributed by atoms with Crippen LogP contribution >= 0.6 is 11.8 Å². The molecule has 7 rings (SSSR count). The Hall–Kier alpha value is -3.24. The molecule has 3 nitrogen and oxygen atoms in total. The Labute approximate surface area is 202 Å². The van der Waals surface area contributed by atoms with E-state index in [1.807, 2.05) is 11.8 Å². The Morgan fingerprint density at radius 3 is 2.59 bits per heavy atom. The molecule has 6 aromatic rings. The molecule has 0 N–H and O–H groups in total. The third-order valence-electron chi connectivity index (χ3n) is 7.02. The fourth-order valence-corrected chi connectivity index (χ4v) is 6.90. The van der Waals surface area contributed by atoms with Gasteiger partial charge in [0, 0.05) is 43.0 Å². The van der Waals surface area contributed by atoms with Crippen molar-refractivity contribution in [2.75, 3.05) is 0 Å². The first kappa shape index (κ1) is 20.2. The third kappa shape index (κ3) is 2.75. The van der Waals surface area contributed by atoms with Crippen molar-refractivity contribution in [2.45, 2.75) is 43.9 Å². The summed E-state index contributed by atoms with van der Waals surface area (Å²) >= 11 is 1.86. The van der Waals surface area contributed by atoms with E-state index in [1.54, 1.807) is 6.26 Å². The highest BCUT2D eigenvalue weighted by Gasteiger charge is 2.31. The minimum atomic E-state index is 0.238. The van der Waals surface area contributed by atoms with Crippen molar-refractivity contribution in [3.63, 3.8) is 0 Å². The molecule has 0 aliphatic carbocycles. The Morgan fingerprint density at radius 2 is 1.76 bits per heavy atom. The SMILES string of the molecule is Cc1c2c(cc3ccoc13)Sc1cc3c4ccc(CC(C)(C)C)cc4oc3c3cc[n+](C)c-2c13. The van der Waals surface area contributed by atoms with Gasteiger partial charge in [-0.15, -0.1) is 0 Å². The van der Waals surface area contributed by atoms with Crippen LogP contribution in [0.1, 0.15) is 31.9 Å². The zero-order valence-electron chi connectivity index (χ0n) is 20.1. The summed E-state index contributed by atoms with van der Waals surface area (Å²) in [6.45, 7) is 9.01. The summed E-state index contributed by atoms with van der Waals surface area (Å²) in [5.74, 6) is 0. The molecule has 0 fully saturated rings. The lowest BCUT2D eigenvalue weighted by atomic mass is 9.88. The molecule has 3 aromatic heterocycles. The highest BCUT2D eigenvalue weighted by Crippen LogP contribution is 2.51. The van der Waals surface area contributed by atoms with Crippen molar-refractivity contribution in [3.8, 4) is 11.3 Å². The molecule has 0 saturated carbocycles. The maximum absolute atomic E-state index is 6.58. The zero-order chi connectivity index (χ0) is 23.4. The number of aryl methyl sites for hydroxylation is 2. The zero-order valence-corrected chi connectivity index (χ0v) is 20.9. The molecule has 4 heterocycles. The van der Waals surface area contributed by atoms with E-state index in [0.29, 0.717) is 0 Å². The summed E-state index contributed by atoms with van der Waals surface area (Å²) in [6, 6.07) is 15.6. The number of benzene rings is 3. The number of rotatable bonds is 1. The normalized spacial score (nSPS) is 13.4. The van der Waals surface area contributed by atoms with Crippen molar-refractivity contribution in [3.05, 3.63) is 66.1 Å². The molecule has 34 heavy (non-hydrogen) atoms. The van der Waals surface area contributed by atoms with Crippen LogP contribution in [-0.4, -0.2) is 0 Å².